The number of benzene rings is 2. The summed E-state index contributed by atoms with van der Waals surface area (Å²) in [6.45, 7) is 23.8. The molecule has 228 valence electrons. The second-order valence-electron chi connectivity index (χ2n) is 12.5. The SMILES string of the molecule is C=CC(=O)NCc1cc(CC(C)(C)C)cc(CNC(=O)C=C)c1O.C=CC(=O)NCc1cc(CC(C)(C)C)ccc1O. The maximum Gasteiger partial charge on any atom is 0.243 e. The molecular formula is C34H47N3O5. The summed E-state index contributed by atoms with van der Waals surface area (Å²) in [6, 6.07) is 9.28. The van der Waals surface area contributed by atoms with Crippen LogP contribution < -0.4 is 16.0 Å². The topological polar surface area (TPSA) is 128 Å². The summed E-state index contributed by atoms with van der Waals surface area (Å²) in [7, 11) is 0. The van der Waals surface area contributed by atoms with E-state index >= 15 is 0 Å². The molecule has 5 N–H and O–H groups in total. The van der Waals surface area contributed by atoms with Crippen molar-refractivity contribution in [1.82, 2.24) is 16.0 Å². The van der Waals surface area contributed by atoms with E-state index < -0.39 is 0 Å². The highest BCUT2D eigenvalue weighted by atomic mass is 16.3. The zero-order valence-electron chi connectivity index (χ0n) is 25.9. The number of hydrogen-bond acceptors (Lipinski definition) is 5. The summed E-state index contributed by atoms with van der Waals surface area (Å²) in [5, 5.41) is 28.2. The lowest BCUT2D eigenvalue weighted by Gasteiger charge is -2.20. The Morgan fingerprint density at radius 1 is 0.643 bits per heavy atom. The fraction of sp³-hybridized carbons (Fsp3) is 0.382. The fourth-order valence-corrected chi connectivity index (χ4v) is 4.08. The fourth-order valence-electron chi connectivity index (χ4n) is 4.08. The number of carbonyl (C=O) groups is 3. The average molecular weight is 578 g/mol. The van der Waals surface area contributed by atoms with Crippen molar-refractivity contribution in [1.29, 1.82) is 0 Å². The Balaban J connectivity index is 0.000000437. The van der Waals surface area contributed by atoms with Gasteiger partial charge in [0.2, 0.25) is 17.7 Å². The van der Waals surface area contributed by atoms with E-state index in [9.17, 15) is 24.6 Å². The van der Waals surface area contributed by atoms with E-state index in [1.54, 1.807) is 6.07 Å². The Labute approximate surface area is 250 Å². The van der Waals surface area contributed by atoms with Crippen molar-refractivity contribution < 1.29 is 24.6 Å². The molecular weight excluding hydrogens is 530 g/mol. The minimum Gasteiger partial charge on any atom is -0.508 e. The molecule has 0 saturated carbocycles. The van der Waals surface area contributed by atoms with Crippen LogP contribution in [0.15, 0.2) is 68.3 Å². The van der Waals surface area contributed by atoms with E-state index in [1.807, 2.05) is 24.3 Å². The molecule has 2 rings (SSSR count). The molecule has 0 aliphatic heterocycles. The maximum atomic E-state index is 11.4. The molecule has 0 saturated heterocycles. The summed E-state index contributed by atoms with van der Waals surface area (Å²) in [6.07, 6.45) is 5.31. The number of phenolic OH excluding ortho intramolecular Hbond substituents is 2. The molecule has 2 aromatic carbocycles. The van der Waals surface area contributed by atoms with Gasteiger partial charge in [0.05, 0.1) is 0 Å². The lowest BCUT2D eigenvalue weighted by Crippen LogP contribution is -2.22. The highest BCUT2D eigenvalue weighted by Crippen LogP contribution is 2.29. The third-order valence-corrected chi connectivity index (χ3v) is 5.86. The van der Waals surface area contributed by atoms with Crippen molar-refractivity contribution in [3.8, 4) is 11.5 Å². The monoisotopic (exact) mass is 577 g/mol. The van der Waals surface area contributed by atoms with Gasteiger partial charge in [0.15, 0.2) is 0 Å². The lowest BCUT2D eigenvalue weighted by atomic mass is 9.86. The van der Waals surface area contributed by atoms with Crippen molar-refractivity contribution in [2.45, 2.75) is 74.0 Å². The summed E-state index contributed by atoms with van der Waals surface area (Å²) in [5.41, 5.74) is 4.39. The van der Waals surface area contributed by atoms with E-state index in [2.05, 4.69) is 77.2 Å². The molecule has 8 nitrogen and oxygen atoms in total. The van der Waals surface area contributed by atoms with Gasteiger partial charge in [-0.25, -0.2) is 0 Å². The van der Waals surface area contributed by atoms with E-state index in [4.69, 9.17) is 0 Å². The molecule has 3 amide bonds. The van der Waals surface area contributed by atoms with Crippen LogP contribution in [0.2, 0.25) is 0 Å². The van der Waals surface area contributed by atoms with Crippen LogP contribution in [-0.4, -0.2) is 27.9 Å². The first-order chi connectivity index (χ1) is 19.5. The van der Waals surface area contributed by atoms with Gasteiger partial charge in [-0.05, 0) is 59.1 Å². The molecule has 0 unspecified atom stereocenters. The number of hydrogen-bond donors (Lipinski definition) is 5. The van der Waals surface area contributed by atoms with Gasteiger partial charge in [0, 0.05) is 36.3 Å². The first kappa shape index (κ1) is 35.7. The molecule has 0 bridgehead atoms. The number of amides is 3. The van der Waals surface area contributed by atoms with E-state index in [0.29, 0.717) is 17.7 Å². The van der Waals surface area contributed by atoms with Crippen LogP contribution in [0, 0.1) is 10.8 Å². The summed E-state index contributed by atoms with van der Waals surface area (Å²) in [4.78, 5) is 33.8. The van der Waals surface area contributed by atoms with Crippen LogP contribution >= 0.6 is 0 Å². The highest BCUT2D eigenvalue weighted by Gasteiger charge is 2.17. The zero-order valence-corrected chi connectivity index (χ0v) is 25.9. The minimum absolute atomic E-state index is 0.0697. The summed E-state index contributed by atoms with van der Waals surface area (Å²) < 4.78 is 0. The van der Waals surface area contributed by atoms with Gasteiger partial charge in [0.1, 0.15) is 11.5 Å². The van der Waals surface area contributed by atoms with Crippen LogP contribution in [0.4, 0.5) is 0 Å². The first-order valence-electron chi connectivity index (χ1n) is 13.8. The average Bonchev–Trinajstić information content (AvgIpc) is 2.90. The Kier molecular flexibility index (Phi) is 13.8. The number of phenols is 2. The Morgan fingerprint density at radius 2 is 1.00 bits per heavy atom. The third-order valence-electron chi connectivity index (χ3n) is 5.86. The van der Waals surface area contributed by atoms with Crippen molar-refractivity contribution in [3.63, 3.8) is 0 Å². The molecule has 0 aliphatic rings. The number of aromatic hydroxyl groups is 2. The van der Waals surface area contributed by atoms with Crippen LogP contribution in [0.3, 0.4) is 0 Å². The first-order valence-corrected chi connectivity index (χ1v) is 13.8. The molecule has 0 radical (unpaired) electrons. The van der Waals surface area contributed by atoms with Crippen molar-refractivity contribution >= 4 is 17.7 Å². The Bertz CT molecular complexity index is 1240. The van der Waals surface area contributed by atoms with Crippen LogP contribution in [0.1, 0.15) is 69.4 Å². The molecule has 8 heteroatoms. The van der Waals surface area contributed by atoms with Crippen LogP contribution in [-0.2, 0) is 46.9 Å². The Morgan fingerprint density at radius 3 is 1.38 bits per heavy atom. The standard InChI is InChI=1S/C19H26N2O3.C15H21NO2/c1-6-16(22)20-11-14-8-13(10-19(3,4)5)9-15(18(14)24)12-21-17(23)7-2;1-5-14(18)16-10-12-8-11(6-7-13(12)17)9-15(2,3)4/h6-9,24H,1-2,10-12H2,3-5H3,(H,20,22)(H,21,23);5-8,17H,1,9-10H2,2-4H3,(H,16,18). The number of rotatable bonds is 11. The van der Waals surface area contributed by atoms with E-state index in [0.717, 1.165) is 29.5 Å². The van der Waals surface area contributed by atoms with E-state index in [1.165, 1.54) is 18.2 Å². The molecule has 42 heavy (non-hydrogen) atoms. The van der Waals surface area contributed by atoms with Gasteiger partial charge in [-0.2, -0.15) is 0 Å². The molecule has 0 fully saturated rings. The van der Waals surface area contributed by atoms with Crippen LogP contribution in [0.25, 0.3) is 0 Å². The van der Waals surface area contributed by atoms with Gasteiger partial charge < -0.3 is 26.2 Å². The summed E-state index contributed by atoms with van der Waals surface area (Å²) in [5.74, 6) is -0.580. The number of nitrogens with one attached hydrogen (secondary N) is 3. The van der Waals surface area contributed by atoms with Crippen LogP contribution in [0.5, 0.6) is 11.5 Å². The third kappa shape index (κ3) is 13.8. The van der Waals surface area contributed by atoms with Crippen molar-refractivity contribution in [2.24, 2.45) is 10.8 Å². The van der Waals surface area contributed by atoms with E-state index in [-0.39, 0.29) is 53.1 Å². The molecule has 0 aromatic heterocycles. The smallest absolute Gasteiger partial charge is 0.243 e. The van der Waals surface area contributed by atoms with Gasteiger partial charge in [-0.3, -0.25) is 14.4 Å². The quantitative estimate of drug-likeness (QED) is 0.230. The molecule has 0 spiro atoms. The maximum absolute atomic E-state index is 11.4. The van der Waals surface area contributed by atoms with Crippen molar-refractivity contribution in [2.75, 3.05) is 0 Å². The lowest BCUT2D eigenvalue weighted by molar-refractivity contribution is -0.117. The second-order valence-corrected chi connectivity index (χ2v) is 12.5. The molecule has 2 aromatic rings. The Hall–Kier alpha value is -4.33. The van der Waals surface area contributed by atoms with Gasteiger partial charge in [0.25, 0.3) is 0 Å². The molecule has 0 heterocycles. The van der Waals surface area contributed by atoms with Gasteiger partial charge in [-0.15, -0.1) is 0 Å². The summed E-state index contributed by atoms with van der Waals surface area (Å²) >= 11 is 0. The van der Waals surface area contributed by atoms with Gasteiger partial charge >= 0.3 is 0 Å². The minimum atomic E-state index is -0.308. The largest absolute Gasteiger partial charge is 0.508 e. The predicted molar refractivity (Wildman–Crippen MR) is 169 cm³/mol. The normalized spacial score (nSPS) is 10.9. The van der Waals surface area contributed by atoms with Crippen molar-refractivity contribution in [3.05, 3.63) is 96.1 Å². The molecule has 0 atom stereocenters. The molecule has 0 aliphatic carbocycles. The highest BCUT2D eigenvalue weighted by molar-refractivity contribution is 5.87. The number of carbonyl (C=O) groups excluding carboxylic acids is 3. The van der Waals surface area contributed by atoms with Gasteiger partial charge in [-0.1, -0.05) is 85.5 Å². The second kappa shape index (κ2) is 16.2. The predicted octanol–water partition coefficient (Wildman–Crippen LogP) is 5.37. The zero-order chi connectivity index (χ0) is 32.1.